The molecule has 0 unspecified atom stereocenters. The monoisotopic (exact) mass is 601 g/mol. The van der Waals surface area contributed by atoms with Crippen LogP contribution in [0.4, 0.5) is 14.5 Å². The zero-order chi connectivity index (χ0) is 30.4. The van der Waals surface area contributed by atoms with Crippen LogP contribution in [0.2, 0.25) is 0 Å². The minimum absolute atomic E-state index is 0.0399. The van der Waals surface area contributed by atoms with Crippen LogP contribution >= 0.6 is 0 Å². The molecule has 0 spiro atoms. The van der Waals surface area contributed by atoms with Gasteiger partial charge in [0.25, 0.3) is 10.0 Å². The average Bonchev–Trinajstić information content (AvgIpc) is 2.99. The molecule has 1 heterocycles. The lowest BCUT2D eigenvalue weighted by Crippen LogP contribution is -2.52. The Morgan fingerprint density at radius 1 is 0.905 bits per heavy atom. The van der Waals surface area contributed by atoms with Crippen molar-refractivity contribution in [2.45, 2.75) is 50.7 Å². The molecule has 0 aromatic heterocycles. The van der Waals surface area contributed by atoms with Gasteiger partial charge in [-0.05, 0) is 74.4 Å². The number of fused-ring (bicyclic) bond motifs is 1. The van der Waals surface area contributed by atoms with Crippen molar-refractivity contribution in [3.05, 3.63) is 83.9 Å². The third-order valence-corrected chi connectivity index (χ3v) is 8.70. The molecule has 42 heavy (non-hydrogen) atoms. The molecule has 3 aromatic rings. The maximum absolute atomic E-state index is 14.0. The van der Waals surface area contributed by atoms with Crippen molar-refractivity contribution in [2.24, 2.45) is 0 Å². The van der Waals surface area contributed by atoms with Gasteiger partial charge in [-0.1, -0.05) is 19.1 Å². The zero-order valence-electron chi connectivity index (χ0n) is 23.5. The molecule has 0 saturated heterocycles. The van der Waals surface area contributed by atoms with Crippen LogP contribution in [0, 0.1) is 11.6 Å². The maximum Gasteiger partial charge on any atom is 0.264 e. The van der Waals surface area contributed by atoms with Crippen LogP contribution in [0.25, 0.3) is 0 Å². The first-order chi connectivity index (χ1) is 20.0. The van der Waals surface area contributed by atoms with Crippen molar-refractivity contribution >= 4 is 27.5 Å². The molecule has 4 rings (SSSR count). The number of ether oxygens (including phenoxy) is 2. The molecule has 2 amide bonds. The number of sulfonamides is 1. The Hall–Kier alpha value is -4.19. The van der Waals surface area contributed by atoms with Crippen molar-refractivity contribution in [2.75, 3.05) is 24.1 Å². The van der Waals surface area contributed by atoms with Crippen LogP contribution in [0.5, 0.6) is 11.5 Å². The Balaban J connectivity index is 1.71. The van der Waals surface area contributed by atoms with Crippen LogP contribution in [0.15, 0.2) is 71.6 Å². The minimum Gasteiger partial charge on any atom is -0.486 e. The van der Waals surface area contributed by atoms with Gasteiger partial charge >= 0.3 is 0 Å². The number of nitrogens with zero attached hydrogens (tertiary/aromatic N) is 2. The molecule has 12 heteroatoms. The molecule has 224 valence electrons. The average molecular weight is 602 g/mol. The molecule has 0 fully saturated rings. The Bertz CT molecular complexity index is 1520. The number of carbonyl (C=O) groups excluding carboxylic acids is 2. The molecule has 0 saturated carbocycles. The highest BCUT2D eigenvalue weighted by molar-refractivity contribution is 7.92. The van der Waals surface area contributed by atoms with Crippen molar-refractivity contribution < 1.29 is 36.3 Å². The van der Waals surface area contributed by atoms with Gasteiger partial charge in [-0.2, -0.15) is 0 Å². The van der Waals surface area contributed by atoms with Gasteiger partial charge in [-0.25, -0.2) is 17.2 Å². The number of rotatable bonds is 11. The second kappa shape index (κ2) is 13.2. The van der Waals surface area contributed by atoms with E-state index in [1.807, 2.05) is 13.8 Å². The minimum atomic E-state index is -4.40. The van der Waals surface area contributed by atoms with Gasteiger partial charge in [-0.15, -0.1) is 0 Å². The van der Waals surface area contributed by atoms with Crippen LogP contribution in [0.1, 0.15) is 32.8 Å². The van der Waals surface area contributed by atoms with Gasteiger partial charge in [-0.3, -0.25) is 13.9 Å². The lowest BCUT2D eigenvalue weighted by atomic mass is 10.1. The first kappa shape index (κ1) is 30.8. The van der Waals surface area contributed by atoms with E-state index in [9.17, 15) is 26.8 Å². The van der Waals surface area contributed by atoms with E-state index in [0.29, 0.717) is 24.3 Å². The highest BCUT2D eigenvalue weighted by atomic mass is 32.2. The molecule has 0 aliphatic carbocycles. The first-order valence-electron chi connectivity index (χ1n) is 13.5. The normalized spacial score (nSPS) is 14.0. The van der Waals surface area contributed by atoms with E-state index in [-0.39, 0.29) is 35.5 Å². The zero-order valence-corrected chi connectivity index (χ0v) is 24.4. The third-order valence-electron chi connectivity index (χ3n) is 6.93. The summed E-state index contributed by atoms with van der Waals surface area (Å²) in [7, 11) is -4.40. The number of carbonyl (C=O) groups is 2. The van der Waals surface area contributed by atoms with E-state index >= 15 is 0 Å². The molecule has 1 aliphatic rings. The van der Waals surface area contributed by atoms with E-state index in [1.165, 1.54) is 66.4 Å². The van der Waals surface area contributed by atoms with Crippen molar-refractivity contribution in [3.63, 3.8) is 0 Å². The van der Waals surface area contributed by atoms with Gasteiger partial charge in [0.05, 0.1) is 10.6 Å². The smallest absolute Gasteiger partial charge is 0.264 e. The Morgan fingerprint density at radius 2 is 1.50 bits per heavy atom. The summed E-state index contributed by atoms with van der Waals surface area (Å²) >= 11 is 0. The summed E-state index contributed by atoms with van der Waals surface area (Å²) in [5.74, 6) is -1.56. The topological polar surface area (TPSA) is 105 Å². The second-order valence-electron chi connectivity index (χ2n) is 9.94. The van der Waals surface area contributed by atoms with E-state index in [4.69, 9.17) is 9.47 Å². The SMILES string of the molecule is CC[C@H](C)NC(=O)[C@@H](C)N(Cc1ccc(F)cc1)C(=O)CN(c1ccc(F)cc1)S(=O)(=O)c1ccc2c(c1)OCCO2. The second-order valence-corrected chi connectivity index (χ2v) is 11.8. The molecule has 3 aromatic carbocycles. The van der Waals surface area contributed by atoms with Gasteiger partial charge in [0, 0.05) is 18.7 Å². The number of hydrogen-bond donors (Lipinski definition) is 1. The van der Waals surface area contributed by atoms with Crippen LogP contribution in [-0.4, -0.2) is 57.0 Å². The number of hydrogen-bond acceptors (Lipinski definition) is 6. The van der Waals surface area contributed by atoms with E-state index < -0.39 is 46.1 Å². The quantitative estimate of drug-likeness (QED) is 0.352. The highest BCUT2D eigenvalue weighted by Crippen LogP contribution is 2.34. The molecule has 0 radical (unpaired) electrons. The number of benzene rings is 3. The molecule has 1 aliphatic heterocycles. The predicted octanol–water partition coefficient (Wildman–Crippen LogP) is 4.26. The molecule has 2 atom stereocenters. The summed E-state index contributed by atoms with van der Waals surface area (Å²) in [6.45, 7) is 5.04. The number of amides is 2. The van der Waals surface area contributed by atoms with Gasteiger partial charge in [0.15, 0.2) is 11.5 Å². The molecular weight excluding hydrogens is 568 g/mol. The number of halogens is 2. The largest absolute Gasteiger partial charge is 0.486 e. The molecule has 0 bridgehead atoms. The standard InChI is InChI=1S/C30H33F2N3O6S/c1-4-20(2)33-30(37)21(3)34(18-22-5-7-23(31)8-6-22)29(36)19-35(25-11-9-24(32)10-12-25)42(38,39)26-13-14-27-28(17-26)41-16-15-40-27/h5-14,17,20-21H,4,15-16,18-19H2,1-3H3,(H,33,37)/t20-,21+/m0/s1. The molecular formula is C30H33F2N3O6S. The Morgan fingerprint density at radius 3 is 2.12 bits per heavy atom. The van der Waals surface area contributed by atoms with Crippen molar-refractivity contribution in [3.8, 4) is 11.5 Å². The fourth-order valence-corrected chi connectivity index (χ4v) is 5.71. The number of anilines is 1. The van der Waals surface area contributed by atoms with Crippen LogP contribution < -0.4 is 19.1 Å². The summed E-state index contributed by atoms with van der Waals surface area (Å²) in [4.78, 5) is 28.1. The van der Waals surface area contributed by atoms with Crippen molar-refractivity contribution in [1.82, 2.24) is 10.2 Å². The van der Waals surface area contributed by atoms with E-state index in [2.05, 4.69) is 5.32 Å². The van der Waals surface area contributed by atoms with Crippen LogP contribution in [-0.2, 0) is 26.2 Å². The summed E-state index contributed by atoms with van der Waals surface area (Å²) in [6, 6.07) is 13.1. The maximum atomic E-state index is 14.0. The van der Waals surface area contributed by atoms with Crippen LogP contribution in [0.3, 0.4) is 0 Å². The van der Waals surface area contributed by atoms with Gasteiger partial charge in [0.1, 0.15) is 37.4 Å². The summed E-state index contributed by atoms with van der Waals surface area (Å²) in [5.41, 5.74) is 0.578. The van der Waals surface area contributed by atoms with E-state index in [0.717, 1.165) is 16.4 Å². The predicted molar refractivity (Wildman–Crippen MR) is 153 cm³/mol. The lowest BCUT2D eigenvalue weighted by Gasteiger charge is -2.32. The molecule has 9 nitrogen and oxygen atoms in total. The number of nitrogens with one attached hydrogen (secondary N) is 1. The summed E-state index contributed by atoms with van der Waals surface area (Å²) < 4.78 is 67.3. The summed E-state index contributed by atoms with van der Waals surface area (Å²) in [6.07, 6.45) is 0.663. The fraction of sp³-hybridized carbons (Fsp3) is 0.333. The Kier molecular flexibility index (Phi) is 9.66. The fourth-order valence-electron chi connectivity index (χ4n) is 4.28. The lowest BCUT2D eigenvalue weighted by molar-refractivity contribution is -0.139. The van der Waals surface area contributed by atoms with Gasteiger partial charge < -0.3 is 19.7 Å². The Labute approximate surface area is 244 Å². The van der Waals surface area contributed by atoms with Crippen molar-refractivity contribution in [1.29, 1.82) is 0 Å². The molecule has 1 N–H and O–H groups in total. The van der Waals surface area contributed by atoms with Gasteiger partial charge in [0.2, 0.25) is 11.8 Å². The first-order valence-corrected chi connectivity index (χ1v) is 15.0. The highest BCUT2D eigenvalue weighted by Gasteiger charge is 2.33. The third kappa shape index (κ3) is 7.17. The summed E-state index contributed by atoms with van der Waals surface area (Å²) in [5, 5.41) is 2.84. The van der Waals surface area contributed by atoms with E-state index in [1.54, 1.807) is 0 Å².